The first-order valence-electron chi connectivity index (χ1n) is 1.52. The van der Waals surface area contributed by atoms with Crippen molar-refractivity contribution in [2.24, 2.45) is 11.5 Å². The third-order valence-electron chi connectivity index (χ3n) is 0.378. The van der Waals surface area contributed by atoms with Crippen molar-refractivity contribution in [1.29, 1.82) is 0 Å². The molecule has 0 atom stereocenters. The molecule has 0 saturated carbocycles. The summed E-state index contributed by atoms with van der Waals surface area (Å²) in [6.45, 7) is 0. The predicted molar refractivity (Wildman–Crippen MR) is 18.2 cm³/mol. The SMILES string of the molecule is NC(N)C(F)(F)F. The smallest absolute Gasteiger partial charge is 0.308 e. The third kappa shape index (κ3) is 2.41. The first-order chi connectivity index (χ1) is 2.94. The summed E-state index contributed by atoms with van der Waals surface area (Å²) < 4.78 is 32.8. The maximum Gasteiger partial charge on any atom is 0.416 e. The van der Waals surface area contributed by atoms with Gasteiger partial charge in [0, 0.05) is 0 Å². The van der Waals surface area contributed by atoms with Gasteiger partial charge in [-0.15, -0.1) is 0 Å². The molecule has 0 aromatic rings. The highest BCUT2D eigenvalue weighted by Gasteiger charge is 2.33. The zero-order valence-corrected chi connectivity index (χ0v) is 3.37. The maximum absolute atomic E-state index is 10.9. The number of halogens is 3. The fourth-order valence-corrected chi connectivity index (χ4v) is 0. The second-order valence-electron chi connectivity index (χ2n) is 1.07. The van der Waals surface area contributed by atoms with Gasteiger partial charge in [-0.05, 0) is 0 Å². The Bertz CT molecular complexity index is 56.4. The van der Waals surface area contributed by atoms with E-state index in [0.29, 0.717) is 0 Å². The van der Waals surface area contributed by atoms with E-state index in [4.69, 9.17) is 0 Å². The fraction of sp³-hybridized carbons (Fsp3) is 1.00. The van der Waals surface area contributed by atoms with Crippen LogP contribution in [-0.2, 0) is 0 Å². The summed E-state index contributed by atoms with van der Waals surface area (Å²) in [4.78, 5) is 0. The Balaban J connectivity index is 3.54. The average molecular weight is 114 g/mol. The summed E-state index contributed by atoms with van der Waals surface area (Å²) in [6, 6.07) is 0. The number of hydrogen-bond donors (Lipinski definition) is 2. The molecule has 0 aromatic carbocycles. The monoisotopic (exact) mass is 114 g/mol. The Labute approximate surface area is 38.3 Å². The molecule has 2 nitrogen and oxygen atoms in total. The van der Waals surface area contributed by atoms with Crippen LogP contribution < -0.4 is 11.5 Å². The molecule has 0 radical (unpaired) electrons. The minimum absolute atomic E-state index is 2.20. The zero-order valence-electron chi connectivity index (χ0n) is 3.37. The second-order valence-corrected chi connectivity index (χ2v) is 1.07. The molecule has 7 heavy (non-hydrogen) atoms. The van der Waals surface area contributed by atoms with Gasteiger partial charge in [0.15, 0.2) is 6.17 Å². The van der Waals surface area contributed by atoms with Crippen molar-refractivity contribution in [3.63, 3.8) is 0 Å². The zero-order chi connectivity index (χ0) is 6.08. The summed E-state index contributed by atoms with van der Waals surface area (Å²) in [5.41, 5.74) is 8.44. The quantitative estimate of drug-likeness (QED) is 0.428. The van der Waals surface area contributed by atoms with Crippen LogP contribution in [0.1, 0.15) is 0 Å². The van der Waals surface area contributed by atoms with Crippen LogP contribution in [-0.4, -0.2) is 12.3 Å². The highest BCUT2D eigenvalue weighted by Crippen LogP contribution is 2.14. The Kier molecular flexibility index (Phi) is 1.60. The van der Waals surface area contributed by atoms with Gasteiger partial charge in [-0.2, -0.15) is 13.2 Å². The van der Waals surface area contributed by atoms with Crippen LogP contribution in [0.15, 0.2) is 0 Å². The van der Waals surface area contributed by atoms with Gasteiger partial charge in [0.1, 0.15) is 0 Å². The molecule has 4 N–H and O–H groups in total. The van der Waals surface area contributed by atoms with Crippen molar-refractivity contribution in [2.75, 3.05) is 0 Å². The molecule has 0 heterocycles. The van der Waals surface area contributed by atoms with E-state index in [1.165, 1.54) is 0 Å². The van der Waals surface area contributed by atoms with Crippen LogP contribution in [0.5, 0.6) is 0 Å². The topological polar surface area (TPSA) is 52.0 Å². The van der Waals surface area contributed by atoms with Crippen molar-refractivity contribution >= 4 is 0 Å². The highest BCUT2D eigenvalue weighted by atomic mass is 19.4. The molecule has 0 amide bonds. The van der Waals surface area contributed by atoms with E-state index < -0.39 is 12.3 Å². The molecule has 0 rings (SSSR count). The predicted octanol–water partition coefficient (Wildman–Crippen LogP) is -0.208. The number of rotatable bonds is 0. The molecule has 44 valence electrons. The lowest BCUT2D eigenvalue weighted by molar-refractivity contribution is -0.146. The van der Waals surface area contributed by atoms with Gasteiger partial charge in [0.2, 0.25) is 0 Å². The van der Waals surface area contributed by atoms with Gasteiger partial charge in [0.05, 0.1) is 0 Å². The van der Waals surface area contributed by atoms with Gasteiger partial charge in [0.25, 0.3) is 0 Å². The molecular formula is C2H5F3N2. The number of hydrogen-bond acceptors (Lipinski definition) is 2. The van der Waals surface area contributed by atoms with Gasteiger partial charge in [-0.3, -0.25) is 0 Å². The molecular weight excluding hydrogens is 109 g/mol. The maximum atomic E-state index is 10.9. The van der Waals surface area contributed by atoms with Crippen molar-refractivity contribution < 1.29 is 13.2 Å². The van der Waals surface area contributed by atoms with E-state index in [-0.39, 0.29) is 0 Å². The van der Waals surface area contributed by atoms with Crippen molar-refractivity contribution in [3.05, 3.63) is 0 Å². The lowest BCUT2D eigenvalue weighted by Gasteiger charge is -2.07. The van der Waals surface area contributed by atoms with Crippen LogP contribution >= 0.6 is 0 Å². The summed E-state index contributed by atoms with van der Waals surface area (Å²) in [5.74, 6) is 0. The van der Waals surface area contributed by atoms with Gasteiger partial charge in [-0.1, -0.05) is 0 Å². The number of alkyl halides is 3. The van der Waals surface area contributed by atoms with Crippen LogP contribution in [0.2, 0.25) is 0 Å². The van der Waals surface area contributed by atoms with E-state index in [0.717, 1.165) is 0 Å². The summed E-state index contributed by atoms with van der Waals surface area (Å²) in [6.07, 6.45) is -6.65. The summed E-state index contributed by atoms with van der Waals surface area (Å²) >= 11 is 0. The van der Waals surface area contributed by atoms with Crippen LogP contribution in [0.25, 0.3) is 0 Å². The fourth-order valence-electron chi connectivity index (χ4n) is 0. The van der Waals surface area contributed by atoms with Crippen LogP contribution in [0.3, 0.4) is 0 Å². The van der Waals surface area contributed by atoms with E-state index in [9.17, 15) is 13.2 Å². The van der Waals surface area contributed by atoms with Gasteiger partial charge < -0.3 is 11.5 Å². The van der Waals surface area contributed by atoms with E-state index in [1.54, 1.807) is 0 Å². The van der Waals surface area contributed by atoms with Crippen molar-refractivity contribution in [1.82, 2.24) is 0 Å². The van der Waals surface area contributed by atoms with Gasteiger partial charge in [-0.25, -0.2) is 0 Å². The molecule has 0 aliphatic rings. The Hall–Kier alpha value is -0.290. The van der Waals surface area contributed by atoms with Crippen LogP contribution in [0.4, 0.5) is 13.2 Å². The molecule has 0 fully saturated rings. The van der Waals surface area contributed by atoms with Crippen molar-refractivity contribution in [3.8, 4) is 0 Å². The average Bonchev–Trinajstić information content (AvgIpc) is 1.31. The molecule has 0 aliphatic carbocycles. The first-order valence-corrected chi connectivity index (χ1v) is 1.52. The normalized spacial score (nSPS) is 12.9. The summed E-state index contributed by atoms with van der Waals surface area (Å²) in [5, 5.41) is 0. The Morgan fingerprint density at radius 3 is 1.29 bits per heavy atom. The third-order valence-corrected chi connectivity index (χ3v) is 0.378. The molecule has 5 heteroatoms. The first kappa shape index (κ1) is 6.71. The minimum Gasteiger partial charge on any atom is -0.308 e. The molecule has 0 aliphatic heterocycles. The van der Waals surface area contributed by atoms with Crippen LogP contribution in [0, 0.1) is 0 Å². The molecule has 0 aromatic heterocycles. The summed E-state index contributed by atoms with van der Waals surface area (Å²) in [7, 11) is 0. The van der Waals surface area contributed by atoms with E-state index >= 15 is 0 Å². The Morgan fingerprint density at radius 1 is 1.14 bits per heavy atom. The molecule has 0 unspecified atom stereocenters. The Morgan fingerprint density at radius 2 is 1.29 bits per heavy atom. The molecule has 0 spiro atoms. The highest BCUT2D eigenvalue weighted by molar-refractivity contribution is 4.59. The largest absolute Gasteiger partial charge is 0.416 e. The van der Waals surface area contributed by atoms with Gasteiger partial charge >= 0.3 is 6.18 Å². The standard InChI is InChI=1S/C2H5F3N2/c3-2(4,5)1(6)7/h1H,6-7H2. The lowest BCUT2D eigenvalue weighted by Crippen LogP contribution is -2.44. The number of nitrogens with two attached hydrogens (primary N) is 2. The second kappa shape index (κ2) is 1.67. The molecule has 0 saturated heterocycles. The van der Waals surface area contributed by atoms with E-state index in [2.05, 4.69) is 11.5 Å². The van der Waals surface area contributed by atoms with E-state index in [1.807, 2.05) is 0 Å². The lowest BCUT2D eigenvalue weighted by atomic mass is 10.5. The minimum atomic E-state index is -4.44. The molecule has 0 bridgehead atoms. The van der Waals surface area contributed by atoms with Crippen molar-refractivity contribution in [2.45, 2.75) is 12.3 Å².